The van der Waals surface area contributed by atoms with Crippen molar-refractivity contribution in [2.75, 3.05) is 0 Å². The van der Waals surface area contributed by atoms with Gasteiger partial charge in [0.2, 0.25) is 5.88 Å². The molecule has 0 radical (unpaired) electrons. The van der Waals surface area contributed by atoms with E-state index in [0.717, 1.165) is 22.4 Å². The fourth-order valence-corrected chi connectivity index (χ4v) is 2.24. The maximum Gasteiger partial charge on any atom is 0.222 e. The third kappa shape index (κ3) is 3.61. The van der Waals surface area contributed by atoms with Gasteiger partial charge in [-0.15, -0.1) is 0 Å². The van der Waals surface area contributed by atoms with E-state index in [-0.39, 0.29) is 12.0 Å². The Kier molecular flexibility index (Phi) is 4.33. The summed E-state index contributed by atoms with van der Waals surface area (Å²) in [5.41, 5.74) is 4.09. The van der Waals surface area contributed by atoms with Crippen molar-refractivity contribution in [1.82, 2.24) is 4.98 Å². The van der Waals surface area contributed by atoms with Crippen LogP contribution in [0.1, 0.15) is 43.0 Å². The molecule has 0 aliphatic carbocycles. The van der Waals surface area contributed by atoms with Crippen LogP contribution in [0.3, 0.4) is 0 Å². The zero-order valence-corrected chi connectivity index (χ0v) is 13.4. The van der Waals surface area contributed by atoms with Gasteiger partial charge in [0.25, 0.3) is 0 Å². The molecular weight excluding hydrogens is 262 g/mol. The Labute approximate surface area is 126 Å². The number of rotatable bonds is 3. The molecule has 2 rings (SSSR count). The number of hydrogen-bond acceptors (Lipinski definition) is 3. The largest absolute Gasteiger partial charge is 0.438 e. The smallest absolute Gasteiger partial charge is 0.222 e. The summed E-state index contributed by atoms with van der Waals surface area (Å²) in [6.45, 7) is 10.5. The molecule has 0 fully saturated rings. The first kappa shape index (κ1) is 15.5. The SMILES string of the molecule is Cc1ccc(Oc2ncc(CO)cc2C)c(C(C)(C)C)c1. The Morgan fingerprint density at radius 1 is 1.14 bits per heavy atom. The molecular formula is C18H23NO2. The molecule has 0 spiro atoms. The van der Waals surface area contributed by atoms with Crippen LogP contribution in [0.5, 0.6) is 11.6 Å². The van der Waals surface area contributed by atoms with Gasteiger partial charge in [-0.2, -0.15) is 0 Å². The Morgan fingerprint density at radius 2 is 1.86 bits per heavy atom. The number of benzene rings is 1. The average Bonchev–Trinajstić information content (AvgIpc) is 2.41. The molecule has 1 N–H and O–H groups in total. The molecule has 0 atom stereocenters. The quantitative estimate of drug-likeness (QED) is 0.915. The number of ether oxygens (including phenoxy) is 1. The van der Waals surface area contributed by atoms with E-state index in [0.29, 0.717) is 5.88 Å². The van der Waals surface area contributed by atoms with Gasteiger partial charge in [0.05, 0.1) is 6.61 Å². The minimum absolute atomic E-state index is 0.000295. The van der Waals surface area contributed by atoms with Gasteiger partial charge in [-0.05, 0) is 37.0 Å². The molecule has 21 heavy (non-hydrogen) atoms. The average molecular weight is 285 g/mol. The van der Waals surface area contributed by atoms with Crippen molar-refractivity contribution in [2.24, 2.45) is 0 Å². The molecule has 0 saturated heterocycles. The second kappa shape index (κ2) is 5.86. The van der Waals surface area contributed by atoms with Crippen LogP contribution >= 0.6 is 0 Å². The summed E-state index contributed by atoms with van der Waals surface area (Å²) in [6, 6.07) is 8.10. The third-order valence-corrected chi connectivity index (χ3v) is 3.42. The number of nitrogens with zero attached hydrogens (tertiary/aromatic N) is 1. The van der Waals surface area contributed by atoms with E-state index in [1.807, 2.05) is 25.1 Å². The predicted molar refractivity (Wildman–Crippen MR) is 84.8 cm³/mol. The van der Waals surface area contributed by atoms with E-state index in [1.54, 1.807) is 6.20 Å². The van der Waals surface area contributed by atoms with Crippen LogP contribution in [0.15, 0.2) is 30.5 Å². The fraction of sp³-hybridized carbons (Fsp3) is 0.389. The summed E-state index contributed by atoms with van der Waals surface area (Å²) in [7, 11) is 0. The van der Waals surface area contributed by atoms with Crippen molar-refractivity contribution < 1.29 is 9.84 Å². The molecule has 0 aliphatic rings. The van der Waals surface area contributed by atoms with Gasteiger partial charge < -0.3 is 9.84 Å². The monoisotopic (exact) mass is 285 g/mol. The van der Waals surface area contributed by atoms with Gasteiger partial charge >= 0.3 is 0 Å². The Bertz CT molecular complexity index is 642. The number of aryl methyl sites for hydroxylation is 2. The van der Waals surface area contributed by atoms with E-state index < -0.39 is 0 Å². The van der Waals surface area contributed by atoms with Crippen LogP contribution < -0.4 is 4.74 Å². The van der Waals surface area contributed by atoms with Crippen molar-refractivity contribution in [1.29, 1.82) is 0 Å². The van der Waals surface area contributed by atoms with Crippen LogP contribution in [-0.4, -0.2) is 10.1 Å². The van der Waals surface area contributed by atoms with E-state index in [9.17, 15) is 0 Å². The molecule has 0 unspecified atom stereocenters. The Balaban J connectivity index is 2.40. The topological polar surface area (TPSA) is 42.4 Å². The van der Waals surface area contributed by atoms with Crippen LogP contribution in [0.4, 0.5) is 0 Å². The second-order valence-corrected chi connectivity index (χ2v) is 6.48. The van der Waals surface area contributed by atoms with Crippen molar-refractivity contribution in [3.05, 3.63) is 52.7 Å². The summed E-state index contributed by atoms with van der Waals surface area (Å²) in [5, 5.41) is 9.14. The molecule has 0 bridgehead atoms. The summed E-state index contributed by atoms with van der Waals surface area (Å²) in [4.78, 5) is 4.31. The maximum absolute atomic E-state index is 9.14. The zero-order valence-electron chi connectivity index (χ0n) is 13.4. The highest BCUT2D eigenvalue weighted by Crippen LogP contribution is 2.35. The predicted octanol–water partition coefficient (Wildman–Crippen LogP) is 4.28. The zero-order chi connectivity index (χ0) is 15.6. The number of aliphatic hydroxyl groups excluding tert-OH is 1. The van der Waals surface area contributed by atoms with Crippen molar-refractivity contribution in [3.63, 3.8) is 0 Å². The number of pyridine rings is 1. The molecule has 0 aliphatic heterocycles. The Hall–Kier alpha value is -1.87. The van der Waals surface area contributed by atoms with Crippen LogP contribution in [0, 0.1) is 13.8 Å². The molecule has 3 heteroatoms. The molecule has 0 saturated carbocycles. The summed E-state index contributed by atoms with van der Waals surface area (Å²) in [5.74, 6) is 1.42. The highest BCUT2D eigenvalue weighted by Gasteiger charge is 2.20. The lowest BCUT2D eigenvalue weighted by Crippen LogP contribution is -2.13. The first-order chi connectivity index (χ1) is 9.81. The maximum atomic E-state index is 9.14. The minimum Gasteiger partial charge on any atom is -0.438 e. The molecule has 1 heterocycles. The summed E-state index contributed by atoms with van der Waals surface area (Å²) >= 11 is 0. The highest BCUT2D eigenvalue weighted by atomic mass is 16.5. The highest BCUT2D eigenvalue weighted by molar-refractivity contribution is 5.44. The lowest BCUT2D eigenvalue weighted by Gasteiger charge is -2.23. The number of aromatic nitrogens is 1. The van der Waals surface area contributed by atoms with E-state index >= 15 is 0 Å². The first-order valence-electron chi connectivity index (χ1n) is 7.16. The fourth-order valence-electron chi connectivity index (χ4n) is 2.24. The number of hydrogen-bond donors (Lipinski definition) is 1. The first-order valence-corrected chi connectivity index (χ1v) is 7.16. The van der Waals surface area contributed by atoms with Gasteiger partial charge in [0.1, 0.15) is 5.75 Å². The van der Waals surface area contributed by atoms with Crippen LogP contribution in [0.25, 0.3) is 0 Å². The summed E-state index contributed by atoms with van der Waals surface area (Å²) in [6.07, 6.45) is 1.65. The van der Waals surface area contributed by atoms with Crippen LogP contribution in [-0.2, 0) is 12.0 Å². The third-order valence-electron chi connectivity index (χ3n) is 3.42. The van der Waals surface area contributed by atoms with Crippen molar-refractivity contribution >= 4 is 0 Å². The van der Waals surface area contributed by atoms with E-state index in [4.69, 9.17) is 9.84 Å². The lowest BCUT2D eigenvalue weighted by molar-refractivity contribution is 0.281. The normalized spacial score (nSPS) is 11.5. The van der Waals surface area contributed by atoms with Gasteiger partial charge in [-0.1, -0.05) is 38.5 Å². The van der Waals surface area contributed by atoms with Gasteiger partial charge in [-0.3, -0.25) is 0 Å². The second-order valence-electron chi connectivity index (χ2n) is 6.48. The summed E-state index contributed by atoms with van der Waals surface area (Å²) < 4.78 is 6.03. The molecule has 2 aromatic rings. The standard InChI is InChI=1S/C18H23NO2/c1-12-6-7-16(15(8-12)18(3,4)5)21-17-13(2)9-14(11-20)10-19-17/h6-10,20H,11H2,1-5H3. The van der Waals surface area contributed by atoms with E-state index in [1.165, 1.54) is 5.56 Å². The van der Waals surface area contributed by atoms with Crippen molar-refractivity contribution in [2.45, 2.75) is 46.6 Å². The Morgan fingerprint density at radius 3 is 2.43 bits per heavy atom. The van der Waals surface area contributed by atoms with E-state index in [2.05, 4.69) is 38.7 Å². The molecule has 3 nitrogen and oxygen atoms in total. The van der Waals surface area contributed by atoms with Crippen molar-refractivity contribution in [3.8, 4) is 11.6 Å². The lowest BCUT2D eigenvalue weighted by atomic mass is 9.85. The van der Waals surface area contributed by atoms with Gasteiger partial charge in [0, 0.05) is 17.3 Å². The molecule has 0 amide bonds. The molecule has 1 aromatic heterocycles. The van der Waals surface area contributed by atoms with Gasteiger partial charge in [-0.25, -0.2) is 4.98 Å². The van der Waals surface area contributed by atoms with Gasteiger partial charge in [0.15, 0.2) is 0 Å². The molecule has 1 aromatic carbocycles. The number of aliphatic hydroxyl groups is 1. The minimum atomic E-state index is -0.00804. The molecule has 112 valence electrons. The van der Waals surface area contributed by atoms with Crippen LogP contribution in [0.2, 0.25) is 0 Å².